The van der Waals surface area contributed by atoms with Gasteiger partial charge < -0.3 is 5.32 Å². The number of aromatic nitrogens is 1. The summed E-state index contributed by atoms with van der Waals surface area (Å²) in [7, 11) is 0. The fourth-order valence-corrected chi connectivity index (χ4v) is 3.55. The smallest absolute Gasteiger partial charge is 0.0962 e. The molecule has 2 rings (SSSR count). The van der Waals surface area contributed by atoms with E-state index in [1.807, 2.05) is 11.3 Å². The van der Waals surface area contributed by atoms with Crippen LogP contribution in [0.15, 0.2) is 0 Å². The normalized spacial score (nSPS) is 17.1. The molecule has 2 nitrogen and oxygen atoms in total. The van der Waals surface area contributed by atoms with Crippen LogP contribution in [-0.4, -0.2) is 11.5 Å². The van der Waals surface area contributed by atoms with Crippen LogP contribution in [0.3, 0.4) is 0 Å². The molecule has 16 heavy (non-hydrogen) atoms. The van der Waals surface area contributed by atoms with Crippen molar-refractivity contribution in [3.05, 3.63) is 15.6 Å². The Balaban J connectivity index is 1.97. The minimum Gasteiger partial charge on any atom is -0.312 e. The molecule has 1 aliphatic carbocycles. The first-order valence-corrected chi connectivity index (χ1v) is 7.29. The molecule has 1 N–H and O–H groups in total. The lowest BCUT2D eigenvalue weighted by molar-refractivity contribution is 0.678. The van der Waals surface area contributed by atoms with Crippen LogP contribution in [0.25, 0.3) is 0 Å². The molecule has 0 radical (unpaired) electrons. The fraction of sp³-hybridized carbons (Fsp3) is 0.769. The summed E-state index contributed by atoms with van der Waals surface area (Å²) in [6.45, 7) is 6.47. The number of rotatable bonds is 5. The molecule has 1 saturated carbocycles. The lowest BCUT2D eigenvalue weighted by Crippen LogP contribution is -2.13. The van der Waals surface area contributed by atoms with E-state index in [-0.39, 0.29) is 0 Å². The third kappa shape index (κ3) is 2.83. The van der Waals surface area contributed by atoms with Crippen molar-refractivity contribution in [2.75, 3.05) is 6.54 Å². The molecule has 0 saturated heterocycles. The monoisotopic (exact) mass is 238 g/mol. The van der Waals surface area contributed by atoms with Crippen molar-refractivity contribution in [1.29, 1.82) is 0 Å². The standard InChI is InChI=1S/C13H22N2S/c1-3-8-14-9-12-10(2)15-13(16-12)11-6-4-5-7-11/h11,14H,3-9H2,1-2H3. The molecule has 0 aromatic carbocycles. The third-order valence-corrected chi connectivity index (χ3v) is 4.65. The van der Waals surface area contributed by atoms with E-state index in [9.17, 15) is 0 Å². The van der Waals surface area contributed by atoms with Crippen LogP contribution in [0, 0.1) is 6.92 Å². The van der Waals surface area contributed by atoms with Gasteiger partial charge in [0.05, 0.1) is 10.7 Å². The highest BCUT2D eigenvalue weighted by Crippen LogP contribution is 2.36. The quantitative estimate of drug-likeness (QED) is 0.793. The van der Waals surface area contributed by atoms with Gasteiger partial charge >= 0.3 is 0 Å². The lowest BCUT2D eigenvalue weighted by atomic mass is 10.1. The van der Waals surface area contributed by atoms with Gasteiger partial charge in [0.25, 0.3) is 0 Å². The Morgan fingerprint density at radius 1 is 1.38 bits per heavy atom. The predicted octanol–water partition coefficient (Wildman–Crippen LogP) is 3.61. The topological polar surface area (TPSA) is 24.9 Å². The minimum atomic E-state index is 0.767. The largest absolute Gasteiger partial charge is 0.312 e. The zero-order valence-electron chi connectivity index (χ0n) is 10.4. The van der Waals surface area contributed by atoms with Crippen molar-refractivity contribution in [1.82, 2.24) is 10.3 Å². The summed E-state index contributed by atoms with van der Waals surface area (Å²) in [6.07, 6.45) is 6.70. The molecule has 1 aliphatic rings. The lowest BCUT2D eigenvalue weighted by Gasteiger charge is -2.02. The maximum absolute atomic E-state index is 4.75. The van der Waals surface area contributed by atoms with E-state index in [1.54, 1.807) is 0 Å². The molecule has 1 heterocycles. The van der Waals surface area contributed by atoms with E-state index in [2.05, 4.69) is 19.2 Å². The average molecular weight is 238 g/mol. The van der Waals surface area contributed by atoms with Crippen molar-refractivity contribution in [2.24, 2.45) is 0 Å². The SMILES string of the molecule is CCCNCc1sc(C2CCCC2)nc1C. The van der Waals surface area contributed by atoms with Crippen molar-refractivity contribution in [3.63, 3.8) is 0 Å². The highest BCUT2D eigenvalue weighted by Gasteiger charge is 2.21. The Bertz CT molecular complexity index is 327. The first-order valence-electron chi connectivity index (χ1n) is 6.48. The summed E-state index contributed by atoms with van der Waals surface area (Å²) in [6, 6.07) is 0. The van der Waals surface area contributed by atoms with Crippen LogP contribution in [0.2, 0.25) is 0 Å². The Morgan fingerprint density at radius 3 is 2.81 bits per heavy atom. The van der Waals surface area contributed by atoms with E-state index in [4.69, 9.17) is 4.98 Å². The van der Waals surface area contributed by atoms with Crippen LogP contribution in [0.1, 0.15) is 60.5 Å². The zero-order chi connectivity index (χ0) is 11.4. The predicted molar refractivity (Wildman–Crippen MR) is 70.1 cm³/mol. The first-order chi connectivity index (χ1) is 7.81. The number of nitrogens with zero attached hydrogens (tertiary/aromatic N) is 1. The van der Waals surface area contributed by atoms with Gasteiger partial charge in [0, 0.05) is 17.3 Å². The maximum Gasteiger partial charge on any atom is 0.0962 e. The maximum atomic E-state index is 4.75. The van der Waals surface area contributed by atoms with Crippen LogP contribution in [0.4, 0.5) is 0 Å². The second-order valence-electron chi connectivity index (χ2n) is 4.72. The van der Waals surface area contributed by atoms with Gasteiger partial charge in [-0.3, -0.25) is 0 Å². The Labute approximate surface area is 102 Å². The first kappa shape index (κ1) is 12.1. The number of nitrogens with one attached hydrogen (secondary N) is 1. The van der Waals surface area contributed by atoms with Gasteiger partial charge in [0.2, 0.25) is 0 Å². The number of aryl methyl sites for hydroxylation is 1. The van der Waals surface area contributed by atoms with Crippen LogP contribution >= 0.6 is 11.3 Å². The highest BCUT2D eigenvalue weighted by atomic mass is 32.1. The molecule has 0 bridgehead atoms. The molecule has 0 unspecified atom stereocenters. The molecule has 1 aromatic rings. The molecule has 3 heteroatoms. The molecule has 1 aromatic heterocycles. The average Bonchev–Trinajstić information content (AvgIpc) is 2.88. The van der Waals surface area contributed by atoms with Gasteiger partial charge in [-0.05, 0) is 32.7 Å². The summed E-state index contributed by atoms with van der Waals surface area (Å²) in [5.41, 5.74) is 1.25. The summed E-state index contributed by atoms with van der Waals surface area (Å²) in [5.74, 6) is 0.767. The van der Waals surface area contributed by atoms with Crippen LogP contribution < -0.4 is 5.32 Å². The number of hydrogen-bond donors (Lipinski definition) is 1. The molecule has 0 aliphatic heterocycles. The molecular weight excluding hydrogens is 216 g/mol. The third-order valence-electron chi connectivity index (χ3n) is 3.33. The second kappa shape index (κ2) is 5.78. The van der Waals surface area contributed by atoms with E-state index in [1.165, 1.54) is 47.7 Å². The van der Waals surface area contributed by atoms with Crippen LogP contribution in [0.5, 0.6) is 0 Å². The minimum absolute atomic E-state index is 0.767. The molecule has 0 amide bonds. The zero-order valence-corrected chi connectivity index (χ0v) is 11.2. The van der Waals surface area contributed by atoms with E-state index in [0.717, 1.165) is 19.0 Å². The van der Waals surface area contributed by atoms with Gasteiger partial charge in [-0.15, -0.1) is 11.3 Å². The van der Waals surface area contributed by atoms with E-state index >= 15 is 0 Å². The van der Waals surface area contributed by atoms with Crippen LogP contribution in [-0.2, 0) is 6.54 Å². The highest BCUT2D eigenvalue weighted by molar-refractivity contribution is 7.11. The van der Waals surface area contributed by atoms with Crippen molar-refractivity contribution in [2.45, 2.75) is 58.4 Å². The van der Waals surface area contributed by atoms with Crippen molar-refractivity contribution in [3.8, 4) is 0 Å². The summed E-state index contributed by atoms with van der Waals surface area (Å²) >= 11 is 1.93. The summed E-state index contributed by atoms with van der Waals surface area (Å²) in [4.78, 5) is 6.19. The summed E-state index contributed by atoms with van der Waals surface area (Å²) < 4.78 is 0. The molecular formula is C13H22N2S. The number of hydrogen-bond acceptors (Lipinski definition) is 3. The Hall–Kier alpha value is -0.410. The van der Waals surface area contributed by atoms with Crippen molar-refractivity contribution < 1.29 is 0 Å². The van der Waals surface area contributed by atoms with Gasteiger partial charge in [0.15, 0.2) is 0 Å². The van der Waals surface area contributed by atoms with Crippen molar-refractivity contribution >= 4 is 11.3 Å². The molecule has 90 valence electrons. The van der Waals surface area contributed by atoms with Gasteiger partial charge in [-0.2, -0.15) is 0 Å². The number of thiazole rings is 1. The van der Waals surface area contributed by atoms with Gasteiger partial charge in [0.1, 0.15) is 0 Å². The Morgan fingerprint density at radius 2 is 2.12 bits per heavy atom. The Kier molecular flexibility index (Phi) is 4.36. The van der Waals surface area contributed by atoms with Gasteiger partial charge in [-0.25, -0.2) is 4.98 Å². The van der Waals surface area contributed by atoms with Gasteiger partial charge in [-0.1, -0.05) is 19.8 Å². The second-order valence-corrected chi connectivity index (χ2v) is 5.83. The fourth-order valence-electron chi connectivity index (χ4n) is 2.34. The molecule has 1 fully saturated rings. The molecule has 0 atom stereocenters. The van der Waals surface area contributed by atoms with E-state index < -0.39 is 0 Å². The van der Waals surface area contributed by atoms with E-state index in [0.29, 0.717) is 0 Å². The summed E-state index contributed by atoms with van der Waals surface area (Å²) in [5, 5.41) is 4.86. The molecule has 0 spiro atoms.